The third-order valence-electron chi connectivity index (χ3n) is 2.47. The molecule has 5 heteroatoms. The van der Waals surface area contributed by atoms with E-state index in [9.17, 15) is 4.39 Å². The second-order valence-corrected chi connectivity index (χ2v) is 5.16. The Morgan fingerprint density at radius 1 is 1.42 bits per heavy atom. The Morgan fingerprint density at radius 3 is 2.68 bits per heavy atom. The highest BCUT2D eigenvalue weighted by Gasteiger charge is 2.05. The minimum absolute atomic E-state index is 0.185. The van der Waals surface area contributed by atoms with Gasteiger partial charge in [-0.05, 0) is 45.6 Å². The summed E-state index contributed by atoms with van der Waals surface area (Å²) in [4.78, 5) is 6.16. The van der Waals surface area contributed by atoms with E-state index in [0.717, 1.165) is 5.56 Å². The lowest BCUT2D eigenvalue weighted by Gasteiger charge is -2.12. The number of nitrogens with zero attached hydrogens (tertiary/aromatic N) is 2. The monoisotopic (exact) mass is 266 g/mol. The summed E-state index contributed by atoms with van der Waals surface area (Å²) in [5.41, 5.74) is 7.35. The number of hydrogen-bond donors (Lipinski definition) is 2. The highest BCUT2D eigenvalue weighted by Crippen LogP contribution is 2.13. The van der Waals surface area contributed by atoms with Crippen LogP contribution >= 0.6 is 0 Å². The Labute approximate surface area is 114 Å². The van der Waals surface area contributed by atoms with Gasteiger partial charge in [-0.15, -0.1) is 0 Å². The maximum atomic E-state index is 13.6. The molecule has 0 radical (unpaired) electrons. The SMILES string of the molecule is CC(C)NC(N)=NCc1ccc(F)c(CN(C)C)c1. The van der Waals surface area contributed by atoms with Crippen molar-refractivity contribution in [3.8, 4) is 0 Å². The van der Waals surface area contributed by atoms with Crippen LogP contribution in [0.25, 0.3) is 0 Å². The Kier molecular flexibility index (Phi) is 5.76. The zero-order valence-electron chi connectivity index (χ0n) is 12.1. The topological polar surface area (TPSA) is 53.6 Å². The molecule has 0 saturated carbocycles. The first-order chi connectivity index (χ1) is 8.88. The van der Waals surface area contributed by atoms with Crippen LogP contribution in [0.5, 0.6) is 0 Å². The van der Waals surface area contributed by atoms with Crippen LogP contribution in [0, 0.1) is 5.82 Å². The van der Waals surface area contributed by atoms with E-state index in [0.29, 0.717) is 24.6 Å². The molecule has 0 saturated heterocycles. The number of hydrogen-bond acceptors (Lipinski definition) is 2. The molecule has 19 heavy (non-hydrogen) atoms. The van der Waals surface area contributed by atoms with Gasteiger partial charge in [-0.25, -0.2) is 9.38 Å². The van der Waals surface area contributed by atoms with Crippen LogP contribution in [0.3, 0.4) is 0 Å². The van der Waals surface area contributed by atoms with Gasteiger partial charge >= 0.3 is 0 Å². The highest BCUT2D eigenvalue weighted by atomic mass is 19.1. The van der Waals surface area contributed by atoms with Crippen molar-refractivity contribution in [1.29, 1.82) is 0 Å². The summed E-state index contributed by atoms with van der Waals surface area (Å²) in [6.07, 6.45) is 0. The Morgan fingerprint density at radius 2 is 2.11 bits per heavy atom. The molecule has 0 heterocycles. The van der Waals surface area contributed by atoms with Crippen LogP contribution in [0.15, 0.2) is 23.2 Å². The van der Waals surface area contributed by atoms with Gasteiger partial charge in [-0.1, -0.05) is 6.07 Å². The summed E-state index contributed by atoms with van der Waals surface area (Å²) in [5, 5.41) is 3.02. The quantitative estimate of drug-likeness (QED) is 0.630. The molecule has 0 aromatic heterocycles. The molecule has 3 N–H and O–H groups in total. The van der Waals surface area contributed by atoms with Crippen molar-refractivity contribution in [3.05, 3.63) is 35.1 Å². The molecule has 1 aromatic rings. The normalized spacial score (nSPS) is 12.3. The molecule has 0 aliphatic rings. The minimum Gasteiger partial charge on any atom is -0.370 e. The lowest BCUT2D eigenvalue weighted by Crippen LogP contribution is -2.36. The molecule has 4 nitrogen and oxygen atoms in total. The van der Waals surface area contributed by atoms with Crippen LogP contribution in [-0.2, 0) is 13.1 Å². The molecule has 0 amide bonds. The van der Waals surface area contributed by atoms with E-state index < -0.39 is 0 Å². The predicted octanol–water partition coefficient (Wildman–Crippen LogP) is 1.70. The summed E-state index contributed by atoms with van der Waals surface area (Å²) in [7, 11) is 3.82. The lowest BCUT2D eigenvalue weighted by molar-refractivity contribution is 0.392. The summed E-state index contributed by atoms with van der Waals surface area (Å²) >= 11 is 0. The molecule has 0 aliphatic carbocycles. The first-order valence-corrected chi connectivity index (χ1v) is 6.37. The molecule has 0 aliphatic heterocycles. The Balaban J connectivity index is 2.74. The first kappa shape index (κ1) is 15.4. The smallest absolute Gasteiger partial charge is 0.189 e. The van der Waals surface area contributed by atoms with Gasteiger partial charge in [0.05, 0.1) is 6.54 Å². The van der Waals surface area contributed by atoms with Gasteiger partial charge in [0.25, 0.3) is 0 Å². The molecular formula is C14H23FN4. The highest BCUT2D eigenvalue weighted by molar-refractivity contribution is 5.78. The van der Waals surface area contributed by atoms with Crippen molar-refractivity contribution < 1.29 is 4.39 Å². The van der Waals surface area contributed by atoms with Gasteiger partial charge in [0.15, 0.2) is 5.96 Å². The number of guanidine groups is 1. The average molecular weight is 266 g/mol. The third-order valence-corrected chi connectivity index (χ3v) is 2.47. The molecular weight excluding hydrogens is 243 g/mol. The standard InChI is InChI=1S/C14H23FN4/c1-10(2)18-14(16)17-8-11-5-6-13(15)12(7-11)9-19(3)4/h5-7,10H,8-9H2,1-4H3,(H3,16,17,18). The third kappa shape index (κ3) is 5.70. The number of nitrogens with one attached hydrogen (secondary N) is 1. The maximum absolute atomic E-state index is 13.6. The molecule has 0 spiro atoms. The van der Waals surface area contributed by atoms with Gasteiger partial charge in [0.1, 0.15) is 5.82 Å². The Hall–Kier alpha value is -1.62. The summed E-state index contributed by atoms with van der Waals surface area (Å²) in [6.45, 7) is 5.01. The molecule has 0 fully saturated rings. The molecule has 106 valence electrons. The van der Waals surface area contributed by atoms with E-state index in [1.54, 1.807) is 6.07 Å². The number of benzene rings is 1. The molecule has 0 atom stereocenters. The van der Waals surface area contributed by atoms with Crippen LogP contribution in [0.1, 0.15) is 25.0 Å². The number of rotatable bonds is 5. The van der Waals surface area contributed by atoms with Gasteiger partial charge in [-0.3, -0.25) is 0 Å². The number of aliphatic imine (C=N–C) groups is 1. The van der Waals surface area contributed by atoms with E-state index in [1.165, 1.54) is 6.07 Å². The van der Waals surface area contributed by atoms with Crippen molar-refractivity contribution in [2.45, 2.75) is 33.0 Å². The van der Waals surface area contributed by atoms with Gasteiger partial charge < -0.3 is 16.0 Å². The first-order valence-electron chi connectivity index (χ1n) is 6.37. The van der Waals surface area contributed by atoms with Crippen LogP contribution in [-0.4, -0.2) is 31.0 Å². The fourth-order valence-corrected chi connectivity index (χ4v) is 1.71. The van der Waals surface area contributed by atoms with E-state index in [2.05, 4.69) is 10.3 Å². The second-order valence-electron chi connectivity index (χ2n) is 5.16. The van der Waals surface area contributed by atoms with Crippen LogP contribution in [0.2, 0.25) is 0 Å². The molecule has 0 unspecified atom stereocenters. The number of nitrogens with two attached hydrogens (primary N) is 1. The summed E-state index contributed by atoms with van der Waals surface area (Å²) < 4.78 is 13.6. The van der Waals surface area contributed by atoms with Crippen LogP contribution < -0.4 is 11.1 Å². The summed E-state index contributed by atoms with van der Waals surface area (Å²) in [5.74, 6) is 0.225. The van der Waals surface area contributed by atoms with Gasteiger partial charge in [0.2, 0.25) is 0 Å². The Bertz CT molecular complexity index is 441. The zero-order valence-corrected chi connectivity index (χ0v) is 12.1. The molecule has 1 aromatic carbocycles. The zero-order chi connectivity index (χ0) is 14.4. The van der Waals surface area contributed by atoms with Gasteiger partial charge in [0, 0.05) is 18.2 Å². The van der Waals surface area contributed by atoms with E-state index in [4.69, 9.17) is 5.73 Å². The van der Waals surface area contributed by atoms with Crippen molar-refractivity contribution in [2.24, 2.45) is 10.7 Å². The van der Waals surface area contributed by atoms with Crippen molar-refractivity contribution >= 4 is 5.96 Å². The minimum atomic E-state index is -0.185. The average Bonchev–Trinajstić information content (AvgIpc) is 2.28. The molecule has 0 bridgehead atoms. The fourth-order valence-electron chi connectivity index (χ4n) is 1.71. The van der Waals surface area contributed by atoms with Crippen LogP contribution in [0.4, 0.5) is 4.39 Å². The second kappa shape index (κ2) is 7.09. The predicted molar refractivity (Wildman–Crippen MR) is 77.4 cm³/mol. The molecule has 1 rings (SSSR count). The van der Waals surface area contributed by atoms with Gasteiger partial charge in [-0.2, -0.15) is 0 Å². The van der Waals surface area contributed by atoms with Crippen molar-refractivity contribution in [3.63, 3.8) is 0 Å². The maximum Gasteiger partial charge on any atom is 0.189 e. The largest absolute Gasteiger partial charge is 0.370 e. The fraction of sp³-hybridized carbons (Fsp3) is 0.500. The lowest BCUT2D eigenvalue weighted by atomic mass is 10.1. The van der Waals surface area contributed by atoms with E-state index >= 15 is 0 Å². The van der Waals surface area contributed by atoms with Crippen molar-refractivity contribution in [1.82, 2.24) is 10.2 Å². The number of halogens is 1. The van der Waals surface area contributed by atoms with E-state index in [1.807, 2.05) is 38.9 Å². The van der Waals surface area contributed by atoms with Crippen molar-refractivity contribution in [2.75, 3.05) is 14.1 Å². The van der Waals surface area contributed by atoms with E-state index in [-0.39, 0.29) is 11.9 Å². The summed E-state index contributed by atoms with van der Waals surface area (Å²) in [6, 6.07) is 5.30.